The second-order valence-electron chi connectivity index (χ2n) is 17.3. The van der Waals surface area contributed by atoms with Crippen LogP contribution in [0.4, 0.5) is 14.4 Å². The number of hydrazine groups is 1. The molecule has 0 spiro atoms. The lowest BCUT2D eigenvalue weighted by molar-refractivity contribution is -0.159. The molecule has 20 heteroatoms. The zero-order chi connectivity index (χ0) is 46.9. The van der Waals surface area contributed by atoms with E-state index in [0.717, 1.165) is 18.4 Å². The molecule has 360 valence electrons. The zero-order valence-corrected chi connectivity index (χ0v) is 40.2. The Labute approximate surface area is 393 Å². The third-order valence-corrected chi connectivity index (χ3v) is 9.78. The number of rotatable bonds is 19. The Kier molecular flexibility index (Phi) is 23.8. The highest BCUT2D eigenvalue weighted by molar-refractivity contribution is 5.86. The molecule has 0 unspecified atom stereocenters. The molecule has 0 bridgehead atoms. The molecule has 1 heterocycles. The minimum atomic E-state index is -1.30. The van der Waals surface area contributed by atoms with E-state index in [1.807, 2.05) is 48.5 Å². The maximum absolute atomic E-state index is 14.3. The van der Waals surface area contributed by atoms with Gasteiger partial charge in [-0.05, 0) is 46.4 Å². The monoisotopic (exact) mass is 949 g/mol. The number of esters is 2. The number of carbonyl (C=O) groups excluding carboxylic acids is 6. The quantitative estimate of drug-likeness (QED) is 0.0420. The van der Waals surface area contributed by atoms with Gasteiger partial charge < -0.3 is 45.4 Å². The Morgan fingerprint density at radius 2 is 1.26 bits per heavy atom. The van der Waals surface area contributed by atoms with Crippen LogP contribution in [0.25, 0.3) is 11.3 Å². The molecular weight excluding hydrogens is 885 g/mol. The number of aromatic nitrogens is 1. The largest absolute Gasteiger partial charge is 0.457 e. The van der Waals surface area contributed by atoms with Crippen molar-refractivity contribution < 1.29 is 52.5 Å². The average Bonchev–Trinajstić information content (AvgIpc) is 3.23. The van der Waals surface area contributed by atoms with Crippen molar-refractivity contribution in [3.05, 3.63) is 90.1 Å². The third-order valence-electron chi connectivity index (χ3n) is 9.78. The van der Waals surface area contributed by atoms with Crippen LogP contribution in [0, 0.1) is 16.7 Å². The average molecular weight is 951 g/mol. The molecule has 1 aromatic heterocycles. The number of nitrogens with two attached hydrogens (primary N) is 1. The van der Waals surface area contributed by atoms with Crippen molar-refractivity contribution in [2.45, 2.75) is 98.6 Å². The minimum Gasteiger partial charge on any atom is -0.457 e. The van der Waals surface area contributed by atoms with Crippen LogP contribution in [0.1, 0.15) is 66.5 Å². The van der Waals surface area contributed by atoms with E-state index in [1.54, 1.807) is 85.9 Å². The van der Waals surface area contributed by atoms with Gasteiger partial charge in [-0.3, -0.25) is 20.0 Å². The summed E-state index contributed by atoms with van der Waals surface area (Å²) in [7, 11) is 2.34. The van der Waals surface area contributed by atoms with Crippen LogP contribution in [0.15, 0.2) is 79.0 Å². The van der Waals surface area contributed by atoms with E-state index >= 15 is 0 Å². The number of nitrogens with zero attached hydrogens (tertiary/aromatic N) is 2. The smallest absolute Gasteiger partial charge is 0.410 e. The van der Waals surface area contributed by atoms with E-state index in [1.165, 1.54) is 12.1 Å². The fourth-order valence-electron chi connectivity index (χ4n) is 6.09. The molecule has 5 atom stereocenters. The van der Waals surface area contributed by atoms with Crippen LogP contribution >= 0.6 is 24.8 Å². The summed E-state index contributed by atoms with van der Waals surface area (Å²) in [6.45, 7) is 12.9. The minimum absolute atomic E-state index is 0. The number of hydrogen-bond donors (Lipinski definition) is 5. The first-order chi connectivity index (χ1) is 29.6. The van der Waals surface area contributed by atoms with Crippen molar-refractivity contribution in [3.63, 3.8) is 0 Å². The Bertz CT molecular complexity index is 1970. The number of methoxy groups -OCH3 is 2. The summed E-state index contributed by atoms with van der Waals surface area (Å²) in [5, 5.41) is 9.41. The van der Waals surface area contributed by atoms with Gasteiger partial charge in [0.25, 0.3) is 5.91 Å². The van der Waals surface area contributed by atoms with Gasteiger partial charge in [0.1, 0.15) is 24.2 Å². The molecule has 0 aliphatic heterocycles. The molecule has 0 aliphatic carbocycles. The highest BCUT2D eigenvalue weighted by Crippen LogP contribution is 2.24. The van der Waals surface area contributed by atoms with E-state index in [-0.39, 0.29) is 50.2 Å². The van der Waals surface area contributed by atoms with Crippen LogP contribution in [-0.4, -0.2) is 104 Å². The van der Waals surface area contributed by atoms with Crippen molar-refractivity contribution in [1.29, 1.82) is 0 Å². The number of benzene rings is 2. The number of hydrogen-bond acceptors (Lipinski definition) is 14. The molecule has 0 aliphatic rings. The third kappa shape index (κ3) is 19.1. The second kappa shape index (κ2) is 26.9. The van der Waals surface area contributed by atoms with E-state index in [9.17, 15) is 28.8 Å². The Morgan fingerprint density at radius 3 is 1.78 bits per heavy atom. The van der Waals surface area contributed by atoms with Gasteiger partial charge in [0.05, 0.1) is 32.5 Å². The summed E-state index contributed by atoms with van der Waals surface area (Å²) >= 11 is 0. The van der Waals surface area contributed by atoms with Gasteiger partial charge in [-0.1, -0.05) is 116 Å². The lowest BCUT2D eigenvalue weighted by Crippen LogP contribution is -2.60. The van der Waals surface area contributed by atoms with Crippen molar-refractivity contribution in [2.75, 3.05) is 27.6 Å². The van der Waals surface area contributed by atoms with Crippen LogP contribution in [0.3, 0.4) is 0 Å². The van der Waals surface area contributed by atoms with Crippen LogP contribution in [-0.2, 0) is 51.0 Å². The fraction of sp³-hybridized carbons (Fsp3) is 0.489. The summed E-state index contributed by atoms with van der Waals surface area (Å²) in [6, 6.07) is 17.6. The number of carbonyl (C=O) groups is 6. The SMILES string of the molecule is COC(=O)N[C@H](C(=O)NN(Cc1ccc(-c2ccccn2)cc1)C[C@H](OC(=O)[C@@H](NC(=O)OC)C(C)(C)C)[C@H](Cc1ccccc1)NC(=O)OCOC(=O)[C@@H](N)C(C)C)C(C)(C)C.Cl.Cl. The Morgan fingerprint density at radius 1 is 0.692 bits per heavy atom. The van der Waals surface area contributed by atoms with Gasteiger partial charge in [0.15, 0.2) is 0 Å². The summed E-state index contributed by atoms with van der Waals surface area (Å²) in [4.78, 5) is 83.9. The topological polar surface area (TPSA) is 239 Å². The molecule has 65 heavy (non-hydrogen) atoms. The predicted octanol–water partition coefficient (Wildman–Crippen LogP) is 5.70. The van der Waals surface area contributed by atoms with E-state index in [0.29, 0.717) is 11.1 Å². The Hall–Kier alpha value is -5.69. The zero-order valence-electron chi connectivity index (χ0n) is 38.6. The normalized spacial score (nSPS) is 13.5. The van der Waals surface area contributed by atoms with Crippen LogP contribution in [0.2, 0.25) is 0 Å². The van der Waals surface area contributed by atoms with Gasteiger partial charge in [-0.25, -0.2) is 24.2 Å². The number of ether oxygens (including phenoxy) is 5. The van der Waals surface area contributed by atoms with Gasteiger partial charge in [-0.15, -0.1) is 24.8 Å². The van der Waals surface area contributed by atoms with Gasteiger partial charge in [0.2, 0.25) is 6.79 Å². The van der Waals surface area contributed by atoms with E-state index in [2.05, 4.69) is 26.4 Å². The van der Waals surface area contributed by atoms with E-state index < -0.39 is 84.0 Å². The van der Waals surface area contributed by atoms with Crippen molar-refractivity contribution >= 4 is 60.9 Å². The molecule has 0 saturated heterocycles. The lowest BCUT2D eigenvalue weighted by atomic mass is 9.86. The highest BCUT2D eigenvalue weighted by Gasteiger charge is 2.40. The van der Waals surface area contributed by atoms with Crippen molar-refractivity contribution in [1.82, 2.24) is 31.4 Å². The molecule has 0 fully saturated rings. The van der Waals surface area contributed by atoms with Gasteiger partial charge >= 0.3 is 30.2 Å². The number of alkyl carbamates (subject to hydrolysis) is 3. The molecule has 3 aromatic rings. The molecular formula is C45H65Cl2N7O11. The number of pyridine rings is 1. The fourth-order valence-corrected chi connectivity index (χ4v) is 6.09. The van der Waals surface area contributed by atoms with Crippen molar-refractivity contribution in [3.8, 4) is 11.3 Å². The maximum Gasteiger partial charge on any atom is 0.410 e. The molecule has 0 radical (unpaired) electrons. The van der Waals surface area contributed by atoms with Crippen molar-refractivity contribution in [2.24, 2.45) is 22.5 Å². The first-order valence-corrected chi connectivity index (χ1v) is 20.5. The van der Waals surface area contributed by atoms with Crippen LogP contribution in [0.5, 0.6) is 0 Å². The molecule has 2 aromatic carbocycles. The first-order valence-electron chi connectivity index (χ1n) is 20.5. The summed E-state index contributed by atoms with van der Waals surface area (Å²) in [5.41, 5.74) is 10.1. The first kappa shape index (κ1) is 57.3. The van der Waals surface area contributed by atoms with Gasteiger partial charge in [0, 0.05) is 18.3 Å². The highest BCUT2D eigenvalue weighted by atomic mass is 35.5. The maximum atomic E-state index is 14.3. The van der Waals surface area contributed by atoms with E-state index in [4.69, 9.17) is 29.4 Å². The molecule has 3 rings (SSSR count). The number of halogens is 2. The summed E-state index contributed by atoms with van der Waals surface area (Å²) in [5.74, 6) is -2.52. The van der Waals surface area contributed by atoms with Crippen LogP contribution < -0.4 is 27.1 Å². The summed E-state index contributed by atoms with van der Waals surface area (Å²) in [6.07, 6.45) is -2.30. The van der Waals surface area contributed by atoms with Gasteiger partial charge in [-0.2, -0.15) is 0 Å². The standard InChI is InChI=1S/C45H63N7O11.2ClH/c1-28(2)35(46)39(54)61-27-62-43(58)48-33(24-29-16-12-11-13-17-29)34(63-40(55)37(45(6,7)8)50-42(57)60-10)26-52(51-38(53)36(44(3,4)5)49-41(56)59-9)25-30-19-21-31(22-20-30)32-18-14-15-23-47-32;;/h11-23,28,33-37H,24-27,46H2,1-10H3,(H,48,58)(H,49,56)(H,50,57)(H,51,53);2*1H/t33-,34-,35-,36+,37+;;/m0../s1. The number of amides is 4. The summed E-state index contributed by atoms with van der Waals surface area (Å²) < 4.78 is 26.3. The second-order valence-corrected chi connectivity index (χ2v) is 17.3. The Balaban J connectivity index is 0.0000106. The lowest BCUT2D eigenvalue weighted by Gasteiger charge is -2.37. The number of nitrogens with one attached hydrogen (secondary N) is 4. The molecule has 18 nitrogen and oxygen atoms in total. The molecule has 6 N–H and O–H groups in total. The predicted molar refractivity (Wildman–Crippen MR) is 247 cm³/mol. The molecule has 4 amide bonds. The molecule has 0 saturated carbocycles.